The summed E-state index contributed by atoms with van der Waals surface area (Å²) in [6, 6.07) is 6.44. The van der Waals surface area contributed by atoms with Crippen LogP contribution < -0.4 is 5.73 Å². The predicted molar refractivity (Wildman–Crippen MR) is 102 cm³/mol. The Morgan fingerprint density at radius 1 is 1.33 bits per heavy atom. The van der Waals surface area contributed by atoms with Gasteiger partial charge in [0, 0.05) is 17.5 Å². The van der Waals surface area contributed by atoms with Crippen molar-refractivity contribution in [1.29, 1.82) is 0 Å². The number of anilines is 1. The molecule has 0 bridgehead atoms. The van der Waals surface area contributed by atoms with Crippen LogP contribution in [0.5, 0.6) is 0 Å². The summed E-state index contributed by atoms with van der Waals surface area (Å²) in [5, 5.41) is 0.496. The third-order valence-corrected chi connectivity index (χ3v) is 5.17. The van der Waals surface area contributed by atoms with Gasteiger partial charge in [0.15, 0.2) is 12.1 Å². The topological polar surface area (TPSA) is 70.8 Å². The van der Waals surface area contributed by atoms with Gasteiger partial charge < -0.3 is 19.9 Å². The molecule has 8 heteroatoms. The molecule has 0 radical (unpaired) electrons. The number of nitrogen functional groups attached to an aromatic ring is 1. The Bertz CT molecular complexity index is 869. The first-order valence-corrected chi connectivity index (χ1v) is 9.06. The molecule has 5 nitrogen and oxygen atoms in total. The van der Waals surface area contributed by atoms with Crippen LogP contribution in [0, 0.1) is 5.82 Å². The molecular formula is C19H18Cl2FNO4. The van der Waals surface area contributed by atoms with Crippen molar-refractivity contribution in [2.75, 3.05) is 26.1 Å². The molecule has 0 atom stereocenters. The molecule has 27 heavy (non-hydrogen) atoms. The van der Waals surface area contributed by atoms with Crippen LogP contribution in [0.2, 0.25) is 10.0 Å². The Balaban J connectivity index is 2.12. The molecule has 0 unspecified atom stereocenters. The number of hydrogen-bond donors (Lipinski definition) is 1. The molecule has 0 amide bonds. The van der Waals surface area contributed by atoms with E-state index >= 15 is 4.39 Å². The summed E-state index contributed by atoms with van der Waals surface area (Å²) < 4.78 is 30.8. The standard InChI is InChI=1S/C19H18Cl2FNO4/c1-25-19(24)12-9-10(5-6-14-26-7-8-27-14)15(17(22)18(12)23)11-3-2-4-13(20)16(11)21/h2-4,9,14H,5-8,23H2,1H3. The van der Waals surface area contributed by atoms with Crippen molar-refractivity contribution in [3.63, 3.8) is 0 Å². The molecule has 1 fully saturated rings. The van der Waals surface area contributed by atoms with Crippen molar-refractivity contribution in [2.24, 2.45) is 0 Å². The molecule has 1 aliphatic rings. The van der Waals surface area contributed by atoms with E-state index < -0.39 is 11.8 Å². The van der Waals surface area contributed by atoms with Crippen LogP contribution in [0.25, 0.3) is 11.1 Å². The smallest absolute Gasteiger partial charge is 0.340 e. The summed E-state index contributed by atoms with van der Waals surface area (Å²) in [5.74, 6) is -1.46. The first-order valence-electron chi connectivity index (χ1n) is 8.30. The van der Waals surface area contributed by atoms with Crippen LogP contribution in [-0.2, 0) is 20.6 Å². The van der Waals surface area contributed by atoms with Crippen LogP contribution >= 0.6 is 23.2 Å². The number of carbonyl (C=O) groups excluding carboxylic acids is 1. The summed E-state index contributed by atoms with van der Waals surface area (Å²) in [7, 11) is 1.21. The third kappa shape index (κ3) is 4.04. The fraction of sp³-hybridized carbons (Fsp3) is 0.316. The summed E-state index contributed by atoms with van der Waals surface area (Å²) >= 11 is 12.4. The zero-order valence-corrected chi connectivity index (χ0v) is 16.1. The number of esters is 1. The molecule has 2 aromatic carbocycles. The number of nitrogens with two attached hydrogens (primary N) is 1. The highest BCUT2D eigenvalue weighted by Gasteiger charge is 2.25. The summed E-state index contributed by atoms with van der Waals surface area (Å²) in [5.41, 5.74) is 6.66. The van der Waals surface area contributed by atoms with Gasteiger partial charge in [-0.05, 0) is 24.1 Å². The molecule has 0 aromatic heterocycles. The number of aryl methyl sites for hydroxylation is 1. The number of benzene rings is 2. The van der Waals surface area contributed by atoms with E-state index in [0.29, 0.717) is 37.2 Å². The van der Waals surface area contributed by atoms with Gasteiger partial charge in [-0.3, -0.25) is 0 Å². The zero-order valence-electron chi connectivity index (χ0n) is 14.6. The highest BCUT2D eigenvalue weighted by Crippen LogP contribution is 2.40. The van der Waals surface area contributed by atoms with Gasteiger partial charge in [-0.25, -0.2) is 9.18 Å². The van der Waals surface area contributed by atoms with Crippen molar-refractivity contribution in [1.82, 2.24) is 0 Å². The van der Waals surface area contributed by atoms with Crippen LogP contribution in [0.1, 0.15) is 22.3 Å². The van der Waals surface area contributed by atoms with E-state index in [0.717, 1.165) is 0 Å². The molecule has 0 spiro atoms. The number of carbonyl (C=O) groups is 1. The lowest BCUT2D eigenvalue weighted by Gasteiger charge is -2.18. The first kappa shape index (κ1) is 19.9. The van der Waals surface area contributed by atoms with Gasteiger partial charge in [-0.15, -0.1) is 0 Å². The second-order valence-corrected chi connectivity index (χ2v) is 6.77. The maximum absolute atomic E-state index is 15.2. The number of halogens is 3. The Morgan fingerprint density at radius 3 is 2.70 bits per heavy atom. The van der Waals surface area contributed by atoms with E-state index in [1.54, 1.807) is 18.2 Å². The van der Waals surface area contributed by atoms with Gasteiger partial charge in [-0.1, -0.05) is 35.3 Å². The van der Waals surface area contributed by atoms with Gasteiger partial charge in [0.1, 0.15) is 0 Å². The van der Waals surface area contributed by atoms with Gasteiger partial charge in [0.2, 0.25) is 0 Å². The number of ether oxygens (including phenoxy) is 3. The van der Waals surface area contributed by atoms with E-state index in [4.69, 9.17) is 43.1 Å². The highest BCUT2D eigenvalue weighted by atomic mass is 35.5. The van der Waals surface area contributed by atoms with E-state index in [2.05, 4.69) is 0 Å². The molecule has 144 valence electrons. The minimum absolute atomic E-state index is 0.0415. The Morgan fingerprint density at radius 2 is 2.04 bits per heavy atom. The minimum atomic E-state index is -0.745. The van der Waals surface area contributed by atoms with E-state index in [1.165, 1.54) is 13.2 Å². The number of methoxy groups -OCH3 is 1. The maximum atomic E-state index is 15.2. The van der Waals surface area contributed by atoms with Gasteiger partial charge in [0.25, 0.3) is 0 Å². The van der Waals surface area contributed by atoms with Crippen LogP contribution in [-0.4, -0.2) is 32.6 Å². The molecule has 0 aliphatic carbocycles. The van der Waals surface area contributed by atoms with Gasteiger partial charge in [0.05, 0.1) is 41.6 Å². The third-order valence-electron chi connectivity index (χ3n) is 4.35. The fourth-order valence-corrected chi connectivity index (χ4v) is 3.42. The minimum Gasteiger partial charge on any atom is -0.465 e. The van der Waals surface area contributed by atoms with Crippen LogP contribution in [0.3, 0.4) is 0 Å². The lowest BCUT2D eigenvalue weighted by Crippen LogP contribution is -2.13. The molecule has 1 aliphatic heterocycles. The summed E-state index contributed by atoms with van der Waals surface area (Å²) in [6.07, 6.45) is 0.481. The molecule has 0 saturated carbocycles. The molecular weight excluding hydrogens is 396 g/mol. The van der Waals surface area contributed by atoms with Crippen molar-refractivity contribution in [3.8, 4) is 11.1 Å². The lowest BCUT2D eigenvalue weighted by molar-refractivity contribution is -0.0461. The van der Waals surface area contributed by atoms with Crippen molar-refractivity contribution < 1.29 is 23.4 Å². The normalized spacial score (nSPS) is 14.5. The highest BCUT2D eigenvalue weighted by molar-refractivity contribution is 6.43. The molecule has 2 aromatic rings. The van der Waals surface area contributed by atoms with Crippen LogP contribution in [0.4, 0.5) is 10.1 Å². The van der Waals surface area contributed by atoms with Crippen molar-refractivity contribution in [3.05, 3.63) is 51.3 Å². The second kappa shape index (κ2) is 8.44. The van der Waals surface area contributed by atoms with E-state index in [1.807, 2.05) is 0 Å². The quantitative estimate of drug-likeness (QED) is 0.577. The Labute approximate surface area is 166 Å². The Hall–Kier alpha value is -1.86. The number of hydrogen-bond acceptors (Lipinski definition) is 5. The predicted octanol–water partition coefficient (Wildman–Crippen LogP) is 4.47. The lowest BCUT2D eigenvalue weighted by atomic mass is 9.92. The van der Waals surface area contributed by atoms with Crippen molar-refractivity contribution in [2.45, 2.75) is 19.1 Å². The van der Waals surface area contributed by atoms with Crippen LogP contribution in [0.15, 0.2) is 24.3 Å². The molecule has 1 saturated heterocycles. The average Bonchev–Trinajstić information content (AvgIpc) is 3.18. The van der Waals surface area contributed by atoms with Gasteiger partial charge >= 0.3 is 5.97 Å². The fourth-order valence-electron chi connectivity index (χ4n) is 3.03. The first-order chi connectivity index (χ1) is 12.9. The van der Waals surface area contributed by atoms with E-state index in [9.17, 15) is 4.79 Å². The second-order valence-electron chi connectivity index (χ2n) is 5.99. The SMILES string of the molecule is COC(=O)c1cc(CCC2OCCO2)c(-c2cccc(Cl)c2Cl)c(F)c1N. The monoisotopic (exact) mass is 413 g/mol. The average molecular weight is 414 g/mol. The molecule has 3 rings (SSSR count). The summed E-state index contributed by atoms with van der Waals surface area (Å²) in [6.45, 7) is 1.03. The van der Waals surface area contributed by atoms with E-state index in [-0.39, 0.29) is 33.1 Å². The zero-order chi connectivity index (χ0) is 19.6. The Kier molecular flexibility index (Phi) is 6.22. The van der Waals surface area contributed by atoms with Gasteiger partial charge in [-0.2, -0.15) is 0 Å². The summed E-state index contributed by atoms with van der Waals surface area (Å²) in [4.78, 5) is 12.0. The molecule has 2 N–H and O–H groups in total. The maximum Gasteiger partial charge on any atom is 0.340 e. The largest absolute Gasteiger partial charge is 0.465 e. The number of rotatable bonds is 5. The molecule has 1 heterocycles. The van der Waals surface area contributed by atoms with Crippen molar-refractivity contribution >= 4 is 34.9 Å².